The van der Waals surface area contributed by atoms with E-state index in [9.17, 15) is 29.7 Å². The minimum Gasteiger partial charge on any atom is -0.453 e. The molecule has 1 unspecified atom stereocenters. The van der Waals surface area contributed by atoms with Crippen molar-refractivity contribution in [1.82, 2.24) is 0 Å². The van der Waals surface area contributed by atoms with Gasteiger partial charge in [0.15, 0.2) is 6.10 Å². The summed E-state index contributed by atoms with van der Waals surface area (Å²) in [5, 5.41) is 28.4. The molecule has 0 saturated carbocycles. The van der Waals surface area contributed by atoms with Crippen molar-refractivity contribution in [2.24, 2.45) is 0 Å². The third-order valence-corrected chi connectivity index (χ3v) is 3.00. The third-order valence-electron chi connectivity index (χ3n) is 2.23. The van der Waals surface area contributed by atoms with Gasteiger partial charge in [-0.15, -0.1) is 0 Å². The molecule has 0 aliphatic carbocycles. The minimum absolute atomic E-state index is 0.406. The number of ether oxygens (including phenoxy) is 3. The van der Waals surface area contributed by atoms with E-state index >= 15 is 0 Å². The normalized spacial score (nSPS) is 13.2. The predicted octanol–water partition coefficient (Wildman–Crippen LogP) is -1.88. The fourth-order valence-electron chi connectivity index (χ4n) is 1.31. The quantitative estimate of drug-likeness (QED) is 0.163. The first-order chi connectivity index (χ1) is 10.0. The van der Waals surface area contributed by atoms with Gasteiger partial charge in [-0.2, -0.15) is 37.9 Å². The Morgan fingerprint density at radius 1 is 0.909 bits per heavy atom. The summed E-state index contributed by atoms with van der Waals surface area (Å²) in [7, 11) is 0. The molecule has 22 heavy (non-hydrogen) atoms. The van der Waals surface area contributed by atoms with Crippen molar-refractivity contribution in [3.8, 4) is 0 Å². The lowest BCUT2D eigenvalue weighted by atomic mass is 10.1. The highest BCUT2D eigenvalue weighted by molar-refractivity contribution is 7.81. The van der Waals surface area contributed by atoms with E-state index in [1.807, 2.05) is 0 Å². The zero-order chi connectivity index (χ0) is 17.6. The summed E-state index contributed by atoms with van der Waals surface area (Å²) < 4.78 is 13.9. The predicted molar refractivity (Wildman–Crippen MR) is 81.4 cm³/mol. The molecular formula is C10H16O9S3. The first-order valence-electron chi connectivity index (χ1n) is 5.66. The topological polar surface area (TPSA) is 140 Å². The fourth-order valence-corrected chi connectivity index (χ4v) is 1.51. The van der Waals surface area contributed by atoms with Crippen molar-refractivity contribution in [3.05, 3.63) is 0 Å². The number of rotatable bonds is 8. The number of hydrogen-bond donors (Lipinski definition) is 6. The maximum Gasteiger partial charge on any atom is 0.376 e. The van der Waals surface area contributed by atoms with Crippen molar-refractivity contribution in [2.45, 2.75) is 24.8 Å². The summed E-state index contributed by atoms with van der Waals surface area (Å²) in [6.07, 6.45) is -1.79. The van der Waals surface area contributed by atoms with Gasteiger partial charge in [-0.1, -0.05) is 0 Å². The van der Waals surface area contributed by atoms with Crippen LogP contribution in [0.4, 0.5) is 0 Å². The van der Waals surface area contributed by atoms with Crippen LogP contribution in [0.15, 0.2) is 0 Å². The Bertz CT molecular complexity index is 402. The van der Waals surface area contributed by atoms with Gasteiger partial charge in [0.1, 0.15) is 0 Å². The molecule has 128 valence electrons. The maximum absolute atomic E-state index is 11.4. The van der Waals surface area contributed by atoms with Crippen LogP contribution < -0.4 is 0 Å². The van der Waals surface area contributed by atoms with Gasteiger partial charge in [0.25, 0.3) is 0 Å². The van der Waals surface area contributed by atoms with Crippen molar-refractivity contribution in [2.75, 3.05) is 17.3 Å². The highest BCUT2D eigenvalue weighted by atomic mass is 32.1. The van der Waals surface area contributed by atoms with Crippen LogP contribution in [0.2, 0.25) is 0 Å². The molecule has 0 heterocycles. The van der Waals surface area contributed by atoms with E-state index in [4.69, 9.17) is 0 Å². The van der Waals surface area contributed by atoms with Gasteiger partial charge in [-0.05, 0) is 6.92 Å². The summed E-state index contributed by atoms with van der Waals surface area (Å²) in [4.78, 5) is 34.1. The molecule has 0 aromatic heterocycles. The summed E-state index contributed by atoms with van der Waals surface area (Å²) in [5.74, 6) is -11.9. The molecule has 0 aromatic carbocycles. The average molecular weight is 376 g/mol. The highest BCUT2D eigenvalue weighted by Crippen LogP contribution is 2.31. The number of esters is 3. The Kier molecular flexibility index (Phi) is 8.57. The van der Waals surface area contributed by atoms with Crippen LogP contribution >= 0.6 is 37.9 Å². The molecule has 0 aromatic rings. The summed E-state index contributed by atoms with van der Waals surface area (Å²) in [6, 6.07) is 0. The SMILES string of the molecule is CC(OC(=O)CS)C(OC(=O)CS)(OC(=O)CS)C(O)(O)O. The Morgan fingerprint density at radius 3 is 1.55 bits per heavy atom. The van der Waals surface area contributed by atoms with Gasteiger partial charge < -0.3 is 29.5 Å². The number of carbonyl (C=O) groups is 3. The van der Waals surface area contributed by atoms with Crippen molar-refractivity contribution in [3.63, 3.8) is 0 Å². The zero-order valence-corrected chi connectivity index (χ0v) is 14.0. The molecule has 0 bridgehead atoms. The molecule has 0 saturated heterocycles. The largest absolute Gasteiger partial charge is 0.453 e. The van der Waals surface area contributed by atoms with E-state index in [0.717, 1.165) is 6.92 Å². The summed E-state index contributed by atoms with van der Waals surface area (Å²) in [6.45, 7) is 0.996. The first kappa shape index (κ1) is 21.3. The van der Waals surface area contributed by atoms with Gasteiger partial charge in [0, 0.05) is 0 Å². The van der Waals surface area contributed by atoms with Crippen LogP contribution in [-0.2, 0) is 28.6 Å². The molecule has 3 N–H and O–H groups in total. The number of aliphatic hydroxyl groups is 3. The Hall–Kier alpha value is -0.660. The average Bonchev–Trinajstić information content (AvgIpc) is 2.44. The standard InChI is InChI=1S/C10H16O9S3/c1-5(17-6(11)2-20)9(10(14,15)16,18-7(12)3-21)19-8(13)4-22/h5,14-16,20-22H,2-4H2,1H3. The van der Waals surface area contributed by atoms with Crippen LogP contribution in [0.1, 0.15) is 6.92 Å². The lowest BCUT2D eigenvalue weighted by Crippen LogP contribution is -2.66. The van der Waals surface area contributed by atoms with Crippen LogP contribution in [-0.4, -0.2) is 68.4 Å². The minimum atomic E-state index is -3.87. The van der Waals surface area contributed by atoms with E-state index < -0.39 is 53.0 Å². The van der Waals surface area contributed by atoms with Crippen LogP contribution in [0.25, 0.3) is 0 Å². The Morgan fingerprint density at radius 2 is 1.27 bits per heavy atom. The molecule has 0 aliphatic heterocycles. The van der Waals surface area contributed by atoms with Crippen molar-refractivity contribution >= 4 is 55.8 Å². The molecule has 0 fully saturated rings. The lowest BCUT2D eigenvalue weighted by Gasteiger charge is -2.40. The molecule has 0 radical (unpaired) electrons. The number of thiol groups is 3. The molecule has 12 heteroatoms. The molecule has 0 rings (SSSR count). The van der Waals surface area contributed by atoms with E-state index in [0.29, 0.717) is 0 Å². The van der Waals surface area contributed by atoms with Gasteiger partial charge in [-0.3, -0.25) is 14.4 Å². The smallest absolute Gasteiger partial charge is 0.376 e. The van der Waals surface area contributed by atoms with E-state index in [2.05, 4.69) is 52.1 Å². The second-order valence-corrected chi connectivity index (χ2v) is 4.81. The van der Waals surface area contributed by atoms with E-state index in [1.165, 1.54) is 0 Å². The van der Waals surface area contributed by atoms with Crippen molar-refractivity contribution < 1.29 is 43.9 Å². The molecule has 0 aliphatic rings. The molecular weight excluding hydrogens is 360 g/mol. The first-order valence-corrected chi connectivity index (χ1v) is 7.56. The summed E-state index contributed by atoms with van der Waals surface area (Å²) in [5.41, 5.74) is 0. The van der Waals surface area contributed by atoms with Crippen LogP contribution in [0.5, 0.6) is 0 Å². The maximum atomic E-state index is 11.4. The second-order valence-electron chi connectivity index (χ2n) is 3.86. The Labute approximate surface area is 142 Å². The van der Waals surface area contributed by atoms with E-state index in [-0.39, 0.29) is 0 Å². The number of hydrogen-bond acceptors (Lipinski definition) is 12. The Balaban J connectivity index is 5.77. The van der Waals surface area contributed by atoms with Crippen molar-refractivity contribution in [1.29, 1.82) is 0 Å². The van der Waals surface area contributed by atoms with Crippen LogP contribution in [0, 0.1) is 0 Å². The molecule has 1 atom stereocenters. The zero-order valence-electron chi connectivity index (χ0n) is 11.3. The summed E-state index contributed by atoms with van der Waals surface area (Å²) >= 11 is 10.8. The number of carbonyl (C=O) groups excluding carboxylic acids is 3. The molecule has 0 spiro atoms. The van der Waals surface area contributed by atoms with Gasteiger partial charge >= 0.3 is 29.7 Å². The molecule has 9 nitrogen and oxygen atoms in total. The fraction of sp³-hybridized carbons (Fsp3) is 0.700. The van der Waals surface area contributed by atoms with Crippen LogP contribution in [0.3, 0.4) is 0 Å². The highest BCUT2D eigenvalue weighted by Gasteiger charge is 2.62. The van der Waals surface area contributed by atoms with Gasteiger partial charge in [0.2, 0.25) is 0 Å². The molecule has 0 amide bonds. The van der Waals surface area contributed by atoms with Gasteiger partial charge in [0.05, 0.1) is 17.3 Å². The second kappa shape index (κ2) is 8.84. The van der Waals surface area contributed by atoms with E-state index in [1.54, 1.807) is 0 Å². The van der Waals surface area contributed by atoms with Gasteiger partial charge in [-0.25, -0.2) is 0 Å². The monoisotopic (exact) mass is 376 g/mol. The lowest BCUT2D eigenvalue weighted by molar-refractivity contribution is -0.459. The third kappa shape index (κ3) is 5.52.